The number of amides is 3. The van der Waals surface area contributed by atoms with Crippen LogP contribution in [0, 0.1) is 6.92 Å². The molecule has 2 heterocycles. The highest BCUT2D eigenvalue weighted by molar-refractivity contribution is 5.94. The third kappa shape index (κ3) is 3.47. The molecule has 132 valence electrons. The van der Waals surface area contributed by atoms with Crippen LogP contribution in [-0.4, -0.2) is 56.6 Å². The van der Waals surface area contributed by atoms with Gasteiger partial charge in [0.1, 0.15) is 0 Å². The van der Waals surface area contributed by atoms with Crippen LogP contribution in [0.5, 0.6) is 0 Å². The number of carbonyl (C=O) groups excluding carboxylic acids is 2. The van der Waals surface area contributed by atoms with Crippen molar-refractivity contribution < 1.29 is 9.59 Å². The molecular formula is C17H22N6O2. The van der Waals surface area contributed by atoms with E-state index in [1.54, 1.807) is 6.92 Å². The van der Waals surface area contributed by atoms with E-state index in [9.17, 15) is 9.59 Å². The highest BCUT2D eigenvalue weighted by Gasteiger charge is 2.33. The molecule has 0 bridgehead atoms. The molecule has 2 aromatic rings. The molecular weight excluding hydrogens is 320 g/mol. The quantitative estimate of drug-likeness (QED) is 0.918. The van der Waals surface area contributed by atoms with Crippen LogP contribution in [0.3, 0.4) is 0 Å². The Bertz CT molecular complexity index is 758. The minimum atomic E-state index is -0.302. The van der Waals surface area contributed by atoms with Gasteiger partial charge in [-0.2, -0.15) is 9.90 Å². The standard InChI is InChI=1S/C17H22N6O2/c1-3-10-18-17(25)22-12-7-11-21(22)16(24)15-13(2)19-23(20-15)14-8-5-4-6-9-14/h4-6,8-9H,3,7,10-12H2,1-2H3,(H,18,25). The molecule has 1 aromatic carbocycles. The van der Waals surface area contributed by atoms with E-state index < -0.39 is 0 Å². The van der Waals surface area contributed by atoms with Crippen molar-refractivity contribution in [2.45, 2.75) is 26.7 Å². The highest BCUT2D eigenvalue weighted by Crippen LogP contribution is 2.16. The van der Waals surface area contributed by atoms with Crippen LogP contribution in [0.25, 0.3) is 5.69 Å². The Hall–Kier alpha value is -2.90. The summed E-state index contributed by atoms with van der Waals surface area (Å²) >= 11 is 0. The molecule has 0 aliphatic carbocycles. The molecule has 1 N–H and O–H groups in total. The molecule has 0 saturated carbocycles. The lowest BCUT2D eigenvalue weighted by atomic mass is 10.3. The Morgan fingerprint density at radius 2 is 1.84 bits per heavy atom. The number of aryl methyl sites for hydroxylation is 1. The number of carbonyl (C=O) groups is 2. The average Bonchev–Trinajstić information content (AvgIpc) is 3.27. The summed E-state index contributed by atoms with van der Waals surface area (Å²) in [5, 5.41) is 14.4. The van der Waals surface area contributed by atoms with Gasteiger partial charge in [0.25, 0.3) is 5.91 Å². The molecule has 0 spiro atoms. The lowest BCUT2D eigenvalue weighted by Crippen LogP contribution is -2.49. The molecule has 1 aliphatic heterocycles. The summed E-state index contributed by atoms with van der Waals surface area (Å²) < 4.78 is 0. The first-order valence-electron chi connectivity index (χ1n) is 8.48. The van der Waals surface area contributed by atoms with E-state index in [1.165, 1.54) is 14.8 Å². The topological polar surface area (TPSA) is 83.4 Å². The Morgan fingerprint density at radius 1 is 1.12 bits per heavy atom. The molecule has 1 aromatic heterocycles. The second kappa shape index (κ2) is 7.33. The molecule has 3 amide bonds. The zero-order valence-corrected chi connectivity index (χ0v) is 14.5. The smallest absolute Gasteiger partial charge is 0.336 e. The van der Waals surface area contributed by atoms with E-state index in [0.29, 0.717) is 25.3 Å². The van der Waals surface area contributed by atoms with Gasteiger partial charge in [-0.15, -0.1) is 5.10 Å². The van der Waals surface area contributed by atoms with Crippen LogP contribution in [0.4, 0.5) is 4.79 Å². The summed E-state index contributed by atoms with van der Waals surface area (Å²) in [6.07, 6.45) is 1.59. The molecule has 0 unspecified atom stereocenters. The second-order valence-corrected chi connectivity index (χ2v) is 5.90. The predicted molar refractivity (Wildman–Crippen MR) is 92.1 cm³/mol. The monoisotopic (exact) mass is 342 g/mol. The molecule has 1 saturated heterocycles. The van der Waals surface area contributed by atoms with Crippen molar-refractivity contribution in [1.29, 1.82) is 0 Å². The average molecular weight is 342 g/mol. The van der Waals surface area contributed by atoms with Crippen LogP contribution in [-0.2, 0) is 0 Å². The molecule has 1 fully saturated rings. The van der Waals surface area contributed by atoms with Gasteiger partial charge in [-0.25, -0.2) is 14.8 Å². The summed E-state index contributed by atoms with van der Waals surface area (Å²) in [5.41, 5.74) is 1.58. The fraction of sp³-hybridized carbons (Fsp3) is 0.412. The maximum Gasteiger partial charge on any atom is 0.336 e. The summed E-state index contributed by atoms with van der Waals surface area (Å²) in [7, 11) is 0. The molecule has 8 nitrogen and oxygen atoms in total. The molecule has 0 radical (unpaired) electrons. The Kier molecular flexibility index (Phi) is 4.97. The Morgan fingerprint density at radius 3 is 2.56 bits per heavy atom. The molecule has 8 heteroatoms. The summed E-state index contributed by atoms with van der Waals surface area (Å²) in [6, 6.07) is 9.16. The van der Waals surface area contributed by atoms with Crippen LogP contribution in [0.1, 0.15) is 35.9 Å². The van der Waals surface area contributed by atoms with Gasteiger partial charge in [-0.3, -0.25) is 4.79 Å². The van der Waals surface area contributed by atoms with Gasteiger partial charge in [-0.05, 0) is 31.9 Å². The lowest BCUT2D eigenvalue weighted by molar-refractivity contribution is 0.0370. The number of nitrogens with one attached hydrogen (secondary N) is 1. The minimum absolute atomic E-state index is 0.249. The van der Waals surface area contributed by atoms with E-state index in [1.807, 2.05) is 37.3 Å². The van der Waals surface area contributed by atoms with Crippen molar-refractivity contribution in [2.24, 2.45) is 0 Å². The minimum Gasteiger partial charge on any atom is -0.337 e. The first-order chi connectivity index (χ1) is 12.1. The van der Waals surface area contributed by atoms with Gasteiger partial charge in [0, 0.05) is 19.6 Å². The van der Waals surface area contributed by atoms with Crippen molar-refractivity contribution in [3.63, 3.8) is 0 Å². The number of rotatable bonds is 4. The van der Waals surface area contributed by atoms with Gasteiger partial charge in [0.15, 0.2) is 5.69 Å². The molecule has 0 atom stereocenters. The molecule has 1 aliphatic rings. The van der Waals surface area contributed by atoms with E-state index in [0.717, 1.165) is 18.5 Å². The van der Waals surface area contributed by atoms with E-state index in [4.69, 9.17) is 0 Å². The van der Waals surface area contributed by atoms with Crippen LogP contribution < -0.4 is 5.32 Å². The normalized spacial score (nSPS) is 14.0. The van der Waals surface area contributed by atoms with Gasteiger partial charge in [0.05, 0.1) is 11.4 Å². The maximum absolute atomic E-state index is 12.9. The largest absolute Gasteiger partial charge is 0.337 e. The first kappa shape index (κ1) is 16.9. The summed E-state index contributed by atoms with van der Waals surface area (Å²) in [4.78, 5) is 26.6. The van der Waals surface area contributed by atoms with Crippen molar-refractivity contribution in [2.75, 3.05) is 19.6 Å². The maximum atomic E-state index is 12.9. The van der Waals surface area contributed by atoms with Crippen molar-refractivity contribution in [1.82, 2.24) is 30.3 Å². The first-order valence-corrected chi connectivity index (χ1v) is 8.48. The van der Waals surface area contributed by atoms with Crippen molar-refractivity contribution >= 4 is 11.9 Å². The number of hydrazine groups is 1. The van der Waals surface area contributed by atoms with E-state index in [-0.39, 0.29) is 17.6 Å². The number of aromatic nitrogens is 3. The molecule has 3 rings (SSSR count). The van der Waals surface area contributed by atoms with E-state index in [2.05, 4.69) is 15.5 Å². The van der Waals surface area contributed by atoms with Crippen LogP contribution in [0.2, 0.25) is 0 Å². The van der Waals surface area contributed by atoms with E-state index >= 15 is 0 Å². The SMILES string of the molecule is CCCNC(=O)N1CCCN1C(=O)c1nn(-c2ccccc2)nc1C. The van der Waals surface area contributed by atoms with Gasteiger partial charge in [0.2, 0.25) is 0 Å². The summed E-state index contributed by atoms with van der Waals surface area (Å²) in [6.45, 7) is 5.33. The third-order valence-corrected chi connectivity index (χ3v) is 4.00. The number of para-hydroxylation sites is 1. The number of hydrogen-bond donors (Lipinski definition) is 1. The number of hydrogen-bond acceptors (Lipinski definition) is 4. The zero-order valence-electron chi connectivity index (χ0n) is 14.5. The van der Waals surface area contributed by atoms with Gasteiger partial charge in [-0.1, -0.05) is 25.1 Å². The fourth-order valence-corrected chi connectivity index (χ4v) is 2.73. The lowest BCUT2D eigenvalue weighted by Gasteiger charge is -2.27. The number of urea groups is 1. The Balaban J connectivity index is 1.81. The number of benzene rings is 1. The second-order valence-electron chi connectivity index (χ2n) is 5.90. The van der Waals surface area contributed by atoms with Crippen LogP contribution in [0.15, 0.2) is 30.3 Å². The third-order valence-electron chi connectivity index (χ3n) is 4.00. The van der Waals surface area contributed by atoms with Crippen molar-refractivity contribution in [3.8, 4) is 5.69 Å². The Labute approximate surface area is 146 Å². The predicted octanol–water partition coefficient (Wildman–Crippen LogP) is 1.76. The zero-order chi connectivity index (χ0) is 17.8. The van der Waals surface area contributed by atoms with Crippen molar-refractivity contribution in [3.05, 3.63) is 41.7 Å². The van der Waals surface area contributed by atoms with Gasteiger partial charge < -0.3 is 5.32 Å². The molecule has 25 heavy (non-hydrogen) atoms. The fourth-order valence-electron chi connectivity index (χ4n) is 2.73. The number of nitrogens with zero attached hydrogens (tertiary/aromatic N) is 5. The van der Waals surface area contributed by atoms with Crippen LogP contribution >= 0.6 is 0 Å². The van der Waals surface area contributed by atoms with Gasteiger partial charge >= 0.3 is 6.03 Å². The highest BCUT2D eigenvalue weighted by atomic mass is 16.2. The summed E-state index contributed by atoms with van der Waals surface area (Å²) in [5.74, 6) is -0.302.